The third kappa shape index (κ3) is 28.6. The first kappa shape index (κ1) is 91.9. The van der Waals surface area contributed by atoms with Crippen molar-refractivity contribution in [2.24, 2.45) is 53.3 Å². The third-order valence-corrected chi connectivity index (χ3v) is 23.6. The van der Waals surface area contributed by atoms with Crippen molar-refractivity contribution in [3.8, 4) is 0 Å². The SMILES string of the molecule is CC(C)C[C@@H]1NCCN([C@@H](CC(C)C)C(=O)N2CCC(CC(=O)N(C)Cc3ccccc3)CC2)C1=O.CC(C)C[C@@H]1NCCN([C@@H](CC(C)C)C(=O)N2CCC(CC(=O)N(C)Cc3ccccc3)CC2)C1=O.CCC(CC)N(Cc1ccccc1)C(=O)CC1CCN(C(=O)[C@H](CC(C)C)N2CCN[C@@H](CC(C)C)C2=O)CC1. The van der Waals surface area contributed by atoms with Crippen molar-refractivity contribution in [2.75, 3.05) is 92.6 Å². The highest BCUT2D eigenvalue weighted by atomic mass is 16.2. The highest BCUT2D eigenvalue weighted by Crippen LogP contribution is 2.31. The number of hydrogen-bond acceptors (Lipinski definition) is 12. The molecule has 21 heteroatoms. The van der Waals surface area contributed by atoms with Gasteiger partial charge in [0.15, 0.2) is 0 Å². The first-order valence-electron chi connectivity index (χ1n) is 43.3. The average molecular weight is 1550 g/mol. The molecule has 3 N–H and O–H groups in total. The highest BCUT2D eigenvalue weighted by Gasteiger charge is 2.44. The van der Waals surface area contributed by atoms with Gasteiger partial charge in [0, 0.05) is 138 Å². The Balaban J connectivity index is 0.000000234. The molecule has 0 aromatic heterocycles. The molecule has 6 aliphatic rings. The van der Waals surface area contributed by atoms with Crippen LogP contribution in [0, 0.1) is 53.3 Å². The van der Waals surface area contributed by atoms with Gasteiger partial charge >= 0.3 is 0 Å². The molecule has 0 bridgehead atoms. The Kier molecular flexibility index (Phi) is 38.1. The molecule has 9 amide bonds. The summed E-state index contributed by atoms with van der Waals surface area (Å²) in [4.78, 5) is 137. The van der Waals surface area contributed by atoms with E-state index in [0.29, 0.717) is 164 Å². The number of carbonyl (C=O) groups excluding carboxylic acids is 9. The maximum atomic E-state index is 13.9. The molecule has 3 aromatic carbocycles. The Bertz CT molecular complexity index is 3220. The lowest BCUT2D eigenvalue weighted by molar-refractivity contribution is -0.150. The molecular weight excluding hydrogens is 1410 g/mol. The number of likely N-dealkylation sites (tertiary alicyclic amines) is 3. The maximum Gasteiger partial charge on any atom is 0.245 e. The van der Waals surface area contributed by atoms with Crippen molar-refractivity contribution >= 4 is 53.2 Å². The molecule has 21 nitrogen and oxygen atoms in total. The Morgan fingerprint density at radius 3 is 0.875 bits per heavy atom. The van der Waals surface area contributed by atoms with Crippen LogP contribution in [0.3, 0.4) is 0 Å². The van der Waals surface area contributed by atoms with Crippen LogP contribution in [0.5, 0.6) is 0 Å². The van der Waals surface area contributed by atoms with Crippen molar-refractivity contribution < 1.29 is 43.2 Å². The molecule has 6 heterocycles. The zero-order chi connectivity index (χ0) is 81.7. The molecule has 112 heavy (non-hydrogen) atoms. The van der Waals surface area contributed by atoms with Crippen molar-refractivity contribution in [1.29, 1.82) is 0 Å². The van der Waals surface area contributed by atoms with Crippen molar-refractivity contribution in [2.45, 2.75) is 268 Å². The second kappa shape index (κ2) is 46.4. The predicted octanol–water partition coefficient (Wildman–Crippen LogP) is 12.2. The van der Waals surface area contributed by atoms with Crippen LogP contribution in [0.1, 0.15) is 223 Å². The minimum atomic E-state index is -0.404. The van der Waals surface area contributed by atoms with Gasteiger partial charge in [-0.1, -0.05) is 188 Å². The van der Waals surface area contributed by atoms with E-state index in [9.17, 15) is 43.2 Å². The van der Waals surface area contributed by atoms with Crippen molar-refractivity contribution in [3.63, 3.8) is 0 Å². The van der Waals surface area contributed by atoms with E-state index in [1.54, 1.807) is 9.80 Å². The van der Waals surface area contributed by atoms with Crippen LogP contribution in [0.25, 0.3) is 0 Å². The molecule has 9 rings (SSSR count). The third-order valence-electron chi connectivity index (χ3n) is 23.6. The molecule has 0 unspecified atom stereocenters. The van der Waals surface area contributed by atoms with Crippen LogP contribution >= 0.6 is 0 Å². The van der Waals surface area contributed by atoms with Crippen LogP contribution < -0.4 is 16.0 Å². The summed E-state index contributed by atoms with van der Waals surface area (Å²) in [5, 5.41) is 10.1. The Morgan fingerprint density at radius 2 is 0.625 bits per heavy atom. The molecule has 624 valence electrons. The van der Waals surface area contributed by atoms with Crippen LogP contribution in [0.15, 0.2) is 91.0 Å². The van der Waals surface area contributed by atoms with Crippen molar-refractivity contribution in [3.05, 3.63) is 108 Å². The topological polar surface area (TPSA) is 219 Å². The van der Waals surface area contributed by atoms with Gasteiger partial charge in [-0.15, -0.1) is 0 Å². The summed E-state index contributed by atoms with van der Waals surface area (Å²) in [6, 6.07) is 28.8. The fourth-order valence-corrected chi connectivity index (χ4v) is 17.3. The van der Waals surface area contributed by atoms with Gasteiger partial charge in [0.1, 0.15) is 18.1 Å². The van der Waals surface area contributed by atoms with Crippen molar-refractivity contribution in [1.82, 2.24) is 60.0 Å². The highest BCUT2D eigenvalue weighted by molar-refractivity contribution is 5.92. The number of nitrogens with one attached hydrogen (secondary N) is 3. The monoisotopic (exact) mass is 1550 g/mol. The quantitative estimate of drug-likeness (QED) is 0.0519. The maximum absolute atomic E-state index is 13.9. The molecule has 6 saturated heterocycles. The fourth-order valence-electron chi connectivity index (χ4n) is 17.3. The largest absolute Gasteiger partial charge is 0.341 e. The van der Waals surface area contributed by atoms with E-state index in [1.807, 2.05) is 122 Å². The standard InChI is InChI=1S/C33H54N4O3.2C29H46N4O3/c1-7-28(8-2)37(23-27-12-10-9-11-13-27)31(38)22-26-14-17-35(18-15-26)33(40)30(21-25(5)6)36-19-16-34-29(32(36)39)20-24(3)4;2*1-21(2)17-25-28(35)33(16-13-30-25)26(18-22(3)4)29(36)32-14-11-23(12-15-32)19-27(34)31(5)20-24-9-7-6-8-10-24/h9-13,24-26,28-30,34H,7-8,14-23H2,1-6H3;2*6-10,21-23,25-26,30H,11-20H2,1-5H3/t29-,30-;2*25-,26-/m000/s1. The molecular formula is C91H146N12O9. The van der Waals surface area contributed by atoms with Gasteiger partial charge in [-0.05, 0) is 160 Å². The summed E-state index contributed by atoms with van der Waals surface area (Å²) < 4.78 is 0. The number of piperidine rings is 3. The molecule has 0 aliphatic carbocycles. The number of piperazine rings is 3. The van der Waals surface area contributed by atoms with Crippen LogP contribution in [-0.4, -0.2) is 232 Å². The molecule has 3 aromatic rings. The number of benzene rings is 3. The minimum Gasteiger partial charge on any atom is -0.341 e. The summed E-state index contributed by atoms with van der Waals surface area (Å²) in [7, 11) is 3.73. The lowest BCUT2D eigenvalue weighted by Crippen LogP contribution is -2.62. The van der Waals surface area contributed by atoms with Crippen LogP contribution in [0.2, 0.25) is 0 Å². The number of hydrogen-bond donors (Lipinski definition) is 3. The molecule has 0 saturated carbocycles. The fraction of sp³-hybridized carbons (Fsp3) is 0.703. The van der Waals surface area contributed by atoms with E-state index in [-0.39, 0.29) is 83.2 Å². The van der Waals surface area contributed by atoms with Gasteiger partial charge in [0.05, 0.1) is 18.1 Å². The zero-order valence-electron chi connectivity index (χ0n) is 71.7. The van der Waals surface area contributed by atoms with E-state index in [4.69, 9.17) is 0 Å². The summed E-state index contributed by atoms with van der Waals surface area (Å²) in [5.41, 5.74) is 3.42. The number of carbonyl (C=O) groups is 9. The minimum absolute atomic E-state index is 0.0656. The normalized spacial score (nSPS) is 20.0. The van der Waals surface area contributed by atoms with E-state index in [2.05, 4.69) is 130 Å². The van der Waals surface area contributed by atoms with Gasteiger partial charge in [-0.25, -0.2) is 0 Å². The average Bonchev–Trinajstić information content (AvgIpc) is 0.811. The number of amides is 9. The number of nitrogens with zero attached hydrogens (tertiary/aromatic N) is 9. The summed E-state index contributed by atoms with van der Waals surface area (Å²) in [6.45, 7) is 39.5. The first-order valence-corrected chi connectivity index (χ1v) is 43.3. The lowest BCUT2D eigenvalue weighted by atomic mass is 9.91. The lowest BCUT2D eigenvalue weighted by Gasteiger charge is -2.42. The molecule has 0 spiro atoms. The van der Waals surface area contributed by atoms with E-state index in [1.165, 1.54) is 0 Å². The smallest absolute Gasteiger partial charge is 0.245 e. The van der Waals surface area contributed by atoms with Crippen LogP contribution in [0.4, 0.5) is 0 Å². The second-order valence-electron chi connectivity index (χ2n) is 35.8. The molecule has 6 atom stereocenters. The Morgan fingerprint density at radius 1 is 0.366 bits per heavy atom. The second-order valence-corrected chi connectivity index (χ2v) is 35.8. The number of rotatable bonds is 33. The van der Waals surface area contributed by atoms with E-state index in [0.717, 1.165) is 107 Å². The summed E-state index contributed by atoms with van der Waals surface area (Å²) in [5.74, 6) is 4.04. The molecule has 0 radical (unpaired) electrons. The Labute approximate surface area is 674 Å². The molecule has 6 aliphatic heterocycles. The van der Waals surface area contributed by atoms with E-state index < -0.39 is 18.1 Å². The first-order chi connectivity index (χ1) is 53.4. The van der Waals surface area contributed by atoms with Gasteiger partial charge in [0.25, 0.3) is 0 Å². The van der Waals surface area contributed by atoms with E-state index >= 15 is 0 Å². The predicted molar refractivity (Wildman–Crippen MR) is 448 cm³/mol. The van der Waals surface area contributed by atoms with Gasteiger partial charge < -0.3 is 60.0 Å². The van der Waals surface area contributed by atoms with Gasteiger partial charge in [-0.2, -0.15) is 0 Å². The van der Waals surface area contributed by atoms with Gasteiger partial charge in [-0.3, -0.25) is 43.2 Å². The van der Waals surface area contributed by atoms with Gasteiger partial charge in [0.2, 0.25) is 53.2 Å². The summed E-state index contributed by atoms with van der Waals surface area (Å²) in [6.07, 6.45) is 12.9. The summed E-state index contributed by atoms with van der Waals surface area (Å²) >= 11 is 0. The molecule has 6 fully saturated rings. The van der Waals surface area contributed by atoms with Crippen LogP contribution in [-0.2, 0) is 62.8 Å². The zero-order valence-corrected chi connectivity index (χ0v) is 71.7. The Hall–Kier alpha value is -7.23.